The highest BCUT2D eigenvalue weighted by Gasteiger charge is 1.93. The van der Waals surface area contributed by atoms with Crippen LogP contribution >= 0.6 is 0 Å². The fraction of sp³-hybridized carbons (Fsp3) is 0.429. The number of aromatic nitrogens is 2. The van der Waals surface area contributed by atoms with Gasteiger partial charge in [-0.05, 0) is 6.92 Å². The van der Waals surface area contributed by atoms with Crippen molar-refractivity contribution in [2.75, 3.05) is 11.5 Å². The van der Waals surface area contributed by atoms with Gasteiger partial charge in [-0.1, -0.05) is 13.8 Å². The molecule has 1 heterocycles. The van der Waals surface area contributed by atoms with E-state index < -0.39 is 0 Å². The fourth-order valence-electron chi connectivity index (χ4n) is 0.497. The van der Waals surface area contributed by atoms with Crippen molar-refractivity contribution in [3.8, 4) is 0 Å². The summed E-state index contributed by atoms with van der Waals surface area (Å²) in [6.07, 6.45) is 1.50. The number of aryl methyl sites for hydroxylation is 1. The molecule has 0 saturated heterocycles. The maximum absolute atomic E-state index is 5.34. The Morgan fingerprint density at radius 3 is 2.18 bits per heavy atom. The largest absolute Gasteiger partial charge is 0.394 e. The number of hydrogen-bond donors (Lipinski definition) is 2. The molecule has 0 aliphatic carbocycles. The Labute approximate surface area is 66.7 Å². The zero-order chi connectivity index (χ0) is 8.85. The smallest absolute Gasteiger partial charge is 0.150 e. The van der Waals surface area contributed by atoms with E-state index in [1.54, 1.807) is 6.92 Å². The van der Waals surface area contributed by atoms with Crippen LogP contribution in [0.4, 0.5) is 11.5 Å². The summed E-state index contributed by atoms with van der Waals surface area (Å²) in [5.41, 5.74) is 11.1. The Bertz CT molecular complexity index is 222. The molecule has 0 aliphatic rings. The van der Waals surface area contributed by atoms with E-state index in [1.807, 2.05) is 13.8 Å². The molecule has 4 N–H and O–H groups in total. The molecular formula is C7H14N4. The van der Waals surface area contributed by atoms with Crippen LogP contribution in [0.15, 0.2) is 6.20 Å². The highest BCUT2D eigenvalue weighted by Crippen LogP contribution is 2.06. The lowest BCUT2D eigenvalue weighted by molar-refractivity contribution is 1.06. The third-order valence-electron chi connectivity index (χ3n) is 0.968. The van der Waals surface area contributed by atoms with Crippen LogP contribution in [0, 0.1) is 6.92 Å². The van der Waals surface area contributed by atoms with Gasteiger partial charge in [0, 0.05) is 0 Å². The minimum atomic E-state index is 0.350. The standard InChI is InChI=1S/C5H8N4.C2H6/c1-3-8-2-4(6)5(7)9-3;1-2/h2H,6H2,1H3,(H2,7,8,9);1-2H3. The van der Waals surface area contributed by atoms with Crippen molar-refractivity contribution < 1.29 is 0 Å². The number of nitrogens with two attached hydrogens (primary N) is 2. The molecule has 0 radical (unpaired) electrons. The van der Waals surface area contributed by atoms with Gasteiger partial charge in [-0.3, -0.25) is 0 Å². The Balaban J connectivity index is 0.000000461. The molecule has 0 saturated carbocycles. The SMILES string of the molecule is CC.Cc1ncc(N)c(N)n1. The Kier molecular flexibility index (Phi) is 3.95. The minimum Gasteiger partial charge on any atom is -0.394 e. The molecule has 0 bridgehead atoms. The molecule has 11 heavy (non-hydrogen) atoms. The van der Waals surface area contributed by atoms with E-state index in [9.17, 15) is 0 Å². The zero-order valence-electron chi connectivity index (χ0n) is 7.13. The lowest BCUT2D eigenvalue weighted by Gasteiger charge is -1.96. The van der Waals surface area contributed by atoms with Crippen LogP contribution in [0.1, 0.15) is 19.7 Å². The van der Waals surface area contributed by atoms with E-state index in [1.165, 1.54) is 6.20 Å². The third-order valence-corrected chi connectivity index (χ3v) is 0.968. The summed E-state index contributed by atoms with van der Waals surface area (Å²) in [5.74, 6) is 0.990. The summed E-state index contributed by atoms with van der Waals surface area (Å²) in [6, 6.07) is 0. The van der Waals surface area contributed by atoms with Gasteiger partial charge in [-0.15, -0.1) is 0 Å². The number of hydrogen-bond acceptors (Lipinski definition) is 4. The third kappa shape index (κ3) is 2.84. The molecule has 4 nitrogen and oxygen atoms in total. The molecule has 1 aromatic heterocycles. The monoisotopic (exact) mass is 154 g/mol. The van der Waals surface area contributed by atoms with Crippen LogP contribution in [-0.4, -0.2) is 9.97 Å². The Morgan fingerprint density at radius 1 is 1.27 bits per heavy atom. The minimum absolute atomic E-state index is 0.350. The summed E-state index contributed by atoms with van der Waals surface area (Å²) in [4.78, 5) is 7.64. The van der Waals surface area contributed by atoms with Gasteiger partial charge in [-0.25, -0.2) is 9.97 Å². The van der Waals surface area contributed by atoms with Crippen molar-refractivity contribution in [1.82, 2.24) is 9.97 Å². The van der Waals surface area contributed by atoms with Gasteiger partial charge in [0.05, 0.1) is 11.9 Å². The Hall–Kier alpha value is -1.32. The molecular weight excluding hydrogens is 140 g/mol. The van der Waals surface area contributed by atoms with Crippen LogP contribution < -0.4 is 11.5 Å². The second-order valence-electron chi connectivity index (χ2n) is 1.76. The van der Waals surface area contributed by atoms with Crippen molar-refractivity contribution in [2.45, 2.75) is 20.8 Å². The van der Waals surface area contributed by atoms with Gasteiger partial charge in [0.1, 0.15) is 11.6 Å². The van der Waals surface area contributed by atoms with E-state index in [2.05, 4.69) is 9.97 Å². The van der Waals surface area contributed by atoms with Gasteiger partial charge in [0.15, 0.2) is 0 Å². The summed E-state index contributed by atoms with van der Waals surface area (Å²) in [6.45, 7) is 5.76. The molecule has 0 amide bonds. The predicted molar refractivity (Wildman–Crippen MR) is 46.9 cm³/mol. The van der Waals surface area contributed by atoms with Gasteiger partial charge >= 0.3 is 0 Å². The van der Waals surface area contributed by atoms with Crippen LogP contribution in [0.25, 0.3) is 0 Å². The summed E-state index contributed by atoms with van der Waals surface area (Å²) in [5, 5.41) is 0. The first-order valence-corrected chi connectivity index (χ1v) is 3.55. The lowest BCUT2D eigenvalue weighted by Crippen LogP contribution is -2.00. The van der Waals surface area contributed by atoms with Crippen LogP contribution in [-0.2, 0) is 0 Å². The summed E-state index contributed by atoms with van der Waals surface area (Å²) in [7, 11) is 0. The maximum Gasteiger partial charge on any atom is 0.150 e. The lowest BCUT2D eigenvalue weighted by atomic mass is 10.5. The van der Waals surface area contributed by atoms with Crippen molar-refractivity contribution in [2.24, 2.45) is 0 Å². The molecule has 0 aliphatic heterocycles. The van der Waals surface area contributed by atoms with Gasteiger partial charge < -0.3 is 11.5 Å². The average molecular weight is 154 g/mol. The first kappa shape index (κ1) is 9.68. The zero-order valence-corrected chi connectivity index (χ0v) is 7.13. The van der Waals surface area contributed by atoms with Crippen molar-refractivity contribution in [1.29, 1.82) is 0 Å². The van der Waals surface area contributed by atoms with E-state index in [4.69, 9.17) is 11.5 Å². The maximum atomic E-state index is 5.34. The quantitative estimate of drug-likeness (QED) is 0.583. The fourth-order valence-corrected chi connectivity index (χ4v) is 0.497. The van der Waals surface area contributed by atoms with E-state index >= 15 is 0 Å². The van der Waals surface area contributed by atoms with Gasteiger partial charge in [-0.2, -0.15) is 0 Å². The van der Waals surface area contributed by atoms with Crippen LogP contribution in [0.3, 0.4) is 0 Å². The predicted octanol–water partition coefficient (Wildman–Crippen LogP) is 0.976. The van der Waals surface area contributed by atoms with Crippen molar-refractivity contribution in [3.63, 3.8) is 0 Å². The van der Waals surface area contributed by atoms with Crippen molar-refractivity contribution >= 4 is 11.5 Å². The summed E-state index contributed by atoms with van der Waals surface area (Å²) < 4.78 is 0. The number of nitrogen functional groups attached to an aromatic ring is 2. The highest BCUT2D eigenvalue weighted by molar-refractivity contribution is 5.55. The van der Waals surface area contributed by atoms with Crippen LogP contribution in [0.2, 0.25) is 0 Å². The molecule has 0 fully saturated rings. The molecule has 0 spiro atoms. The van der Waals surface area contributed by atoms with E-state index in [-0.39, 0.29) is 0 Å². The molecule has 1 rings (SSSR count). The molecule has 0 atom stereocenters. The number of nitrogens with zero attached hydrogens (tertiary/aromatic N) is 2. The topological polar surface area (TPSA) is 77.8 Å². The average Bonchev–Trinajstić information content (AvgIpc) is 2.02. The first-order chi connectivity index (χ1) is 5.20. The molecule has 62 valence electrons. The highest BCUT2D eigenvalue weighted by atomic mass is 15.0. The molecule has 0 aromatic carbocycles. The molecule has 0 unspecified atom stereocenters. The van der Waals surface area contributed by atoms with E-state index in [0.29, 0.717) is 17.3 Å². The second kappa shape index (κ2) is 4.49. The normalized spacial score (nSPS) is 8.27. The van der Waals surface area contributed by atoms with Gasteiger partial charge in [0.25, 0.3) is 0 Å². The van der Waals surface area contributed by atoms with Crippen molar-refractivity contribution in [3.05, 3.63) is 12.0 Å². The van der Waals surface area contributed by atoms with Gasteiger partial charge in [0.2, 0.25) is 0 Å². The molecule has 4 heteroatoms. The first-order valence-electron chi connectivity index (χ1n) is 3.55. The summed E-state index contributed by atoms with van der Waals surface area (Å²) >= 11 is 0. The van der Waals surface area contributed by atoms with E-state index in [0.717, 1.165) is 0 Å². The molecule has 1 aromatic rings. The number of anilines is 2. The van der Waals surface area contributed by atoms with Crippen LogP contribution in [0.5, 0.6) is 0 Å². The number of rotatable bonds is 0. The second-order valence-corrected chi connectivity index (χ2v) is 1.76. The Morgan fingerprint density at radius 2 is 1.82 bits per heavy atom.